The van der Waals surface area contributed by atoms with E-state index in [1.807, 2.05) is 0 Å². The number of aromatic nitrogens is 2. The maximum atomic E-state index is 11.8. The van der Waals surface area contributed by atoms with Gasteiger partial charge in [0, 0.05) is 5.69 Å². The van der Waals surface area contributed by atoms with E-state index in [4.69, 9.17) is 0 Å². The van der Waals surface area contributed by atoms with Crippen molar-refractivity contribution >= 4 is 11.8 Å². The van der Waals surface area contributed by atoms with Crippen molar-refractivity contribution in [2.75, 3.05) is 0 Å². The van der Waals surface area contributed by atoms with Gasteiger partial charge in [0.2, 0.25) is 0 Å². The van der Waals surface area contributed by atoms with E-state index in [-0.39, 0.29) is 0 Å². The molecule has 0 amide bonds. The van der Waals surface area contributed by atoms with Gasteiger partial charge in [-0.25, -0.2) is 9.97 Å². The van der Waals surface area contributed by atoms with E-state index in [2.05, 4.69) is 9.97 Å². The molecule has 11 heavy (non-hydrogen) atoms. The molecule has 0 saturated heterocycles. The van der Waals surface area contributed by atoms with Crippen molar-refractivity contribution in [3.8, 4) is 0 Å². The van der Waals surface area contributed by atoms with E-state index in [1.165, 1.54) is 12.4 Å². The predicted molar refractivity (Wildman–Crippen MR) is 38.6 cm³/mol. The topological polar surface area (TPSA) is 25.8 Å². The van der Waals surface area contributed by atoms with Crippen LogP contribution in [0.3, 0.4) is 0 Å². The molecule has 1 aromatic rings. The van der Waals surface area contributed by atoms with Crippen LogP contribution in [-0.4, -0.2) is 15.7 Å². The molecule has 5 heteroatoms. The third kappa shape index (κ3) is 2.80. The molecule has 0 saturated carbocycles. The predicted octanol–water partition coefficient (Wildman–Crippen LogP) is 2.10. The molecule has 0 fully saturated rings. The summed E-state index contributed by atoms with van der Waals surface area (Å²) in [6.45, 7) is 1.73. The number of alkyl halides is 2. The van der Waals surface area contributed by atoms with Gasteiger partial charge >= 0.3 is 0 Å². The molecule has 0 aliphatic rings. The summed E-state index contributed by atoms with van der Waals surface area (Å²) in [4.78, 5) is 7.43. The quantitative estimate of drug-likeness (QED) is 0.509. The maximum absolute atomic E-state index is 11.8. The Morgan fingerprint density at radius 1 is 1.45 bits per heavy atom. The zero-order valence-corrected chi connectivity index (χ0v) is 6.61. The fraction of sp³-hybridized carbons (Fsp3) is 0.333. The molecule has 0 unspecified atom stereocenters. The van der Waals surface area contributed by atoms with Crippen molar-refractivity contribution in [1.82, 2.24) is 9.97 Å². The van der Waals surface area contributed by atoms with Crippen molar-refractivity contribution in [2.45, 2.75) is 17.7 Å². The van der Waals surface area contributed by atoms with Gasteiger partial charge in [0.1, 0.15) is 11.4 Å². The zero-order valence-electron chi connectivity index (χ0n) is 5.79. The Morgan fingerprint density at radius 3 is 2.73 bits per heavy atom. The number of nitrogens with zero attached hydrogens (tertiary/aromatic N) is 2. The Morgan fingerprint density at radius 2 is 2.18 bits per heavy atom. The minimum Gasteiger partial charge on any atom is -0.242 e. The lowest BCUT2D eigenvalue weighted by atomic mass is 10.5. The van der Waals surface area contributed by atoms with Crippen LogP contribution in [0.1, 0.15) is 5.69 Å². The summed E-state index contributed by atoms with van der Waals surface area (Å²) in [6, 6.07) is 1.52. The van der Waals surface area contributed by atoms with Gasteiger partial charge in [-0.1, -0.05) is 0 Å². The molecule has 1 rings (SSSR count). The van der Waals surface area contributed by atoms with Crippen molar-refractivity contribution < 1.29 is 8.78 Å². The second kappa shape index (κ2) is 3.61. The highest BCUT2D eigenvalue weighted by Gasteiger charge is 2.05. The number of rotatable bonds is 2. The van der Waals surface area contributed by atoms with Gasteiger partial charge in [0.25, 0.3) is 5.76 Å². The van der Waals surface area contributed by atoms with Gasteiger partial charge < -0.3 is 0 Å². The van der Waals surface area contributed by atoms with Crippen molar-refractivity contribution in [2.24, 2.45) is 0 Å². The average Bonchev–Trinajstić information content (AvgIpc) is 1.85. The molecule has 60 valence electrons. The monoisotopic (exact) mass is 176 g/mol. The van der Waals surface area contributed by atoms with Crippen molar-refractivity contribution in [1.29, 1.82) is 0 Å². The molecular weight excluding hydrogens is 170 g/mol. The molecule has 0 aliphatic carbocycles. The smallest absolute Gasteiger partial charge is 0.242 e. The highest BCUT2D eigenvalue weighted by atomic mass is 32.2. The Bertz CT molecular complexity index is 242. The molecule has 0 atom stereocenters. The van der Waals surface area contributed by atoms with Crippen LogP contribution in [-0.2, 0) is 0 Å². The summed E-state index contributed by atoms with van der Waals surface area (Å²) < 4.78 is 23.5. The number of halogens is 2. The van der Waals surface area contributed by atoms with E-state index in [0.29, 0.717) is 22.5 Å². The molecule has 0 N–H and O–H groups in total. The van der Waals surface area contributed by atoms with E-state index in [0.717, 1.165) is 0 Å². The lowest BCUT2D eigenvalue weighted by molar-refractivity contribution is 0.252. The van der Waals surface area contributed by atoms with Crippen LogP contribution < -0.4 is 0 Å². The minimum absolute atomic E-state index is 0.313. The first kappa shape index (κ1) is 8.39. The van der Waals surface area contributed by atoms with Crippen LogP contribution in [0.4, 0.5) is 8.78 Å². The first-order valence-corrected chi connectivity index (χ1v) is 3.80. The van der Waals surface area contributed by atoms with Gasteiger partial charge in [-0.05, 0) is 24.8 Å². The third-order valence-corrected chi connectivity index (χ3v) is 1.63. The number of hydrogen-bond donors (Lipinski definition) is 0. The summed E-state index contributed by atoms with van der Waals surface area (Å²) in [5.41, 5.74) is 0.697. The normalized spacial score (nSPS) is 10.5. The summed E-state index contributed by atoms with van der Waals surface area (Å²) in [6.07, 6.45) is 1.28. The molecule has 0 radical (unpaired) electrons. The molecule has 1 aromatic heterocycles. The first-order valence-electron chi connectivity index (χ1n) is 2.92. The van der Waals surface area contributed by atoms with Gasteiger partial charge in [-0.15, -0.1) is 0 Å². The summed E-state index contributed by atoms with van der Waals surface area (Å²) in [5, 5.41) is 0.313. The van der Waals surface area contributed by atoms with Gasteiger partial charge in [0.15, 0.2) is 0 Å². The third-order valence-electron chi connectivity index (χ3n) is 0.989. The van der Waals surface area contributed by atoms with Gasteiger partial charge in [-0.2, -0.15) is 8.78 Å². The van der Waals surface area contributed by atoms with Gasteiger partial charge in [0.05, 0.1) is 0 Å². The molecule has 0 bridgehead atoms. The van der Waals surface area contributed by atoms with Crippen LogP contribution in [0.5, 0.6) is 0 Å². The number of aryl methyl sites for hydroxylation is 1. The van der Waals surface area contributed by atoms with Crippen LogP contribution in [0.15, 0.2) is 17.4 Å². The lowest BCUT2D eigenvalue weighted by Gasteiger charge is -1.97. The molecule has 0 spiro atoms. The van der Waals surface area contributed by atoms with Crippen LogP contribution >= 0.6 is 11.8 Å². The Balaban J connectivity index is 2.71. The summed E-state index contributed by atoms with van der Waals surface area (Å²) in [5.74, 6) is -2.41. The highest BCUT2D eigenvalue weighted by Crippen LogP contribution is 2.22. The Kier molecular flexibility index (Phi) is 2.76. The molecule has 1 heterocycles. The van der Waals surface area contributed by atoms with E-state index in [9.17, 15) is 8.78 Å². The maximum Gasteiger partial charge on any atom is 0.290 e. The largest absolute Gasteiger partial charge is 0.290 e. The van der Waals surface area contributed by atoms with Gasteiger partial charge in [-0.3, -0.25) is 0 Å². The molecule has 2 nitrogen and oxygen atoms in total. The number of hydrogen-bond acceptors (Lipinski definition) is 3. The second-order valence-electron chi connectivity index (χ2n) is 1.88. The SMILES string of the molecule is Cc1cc(SC(F)F)ncn1. The Hall–Kier alpha value is -0.710. The molecular formula is C6H6F2N2S. The fourth-order valence-corrected chi connectivity index (χ4v) is 1.11. The van der Waals surface area contributed by atoms with Crippen molar-refractivity contribution in [3.63, 3.8) is 0 Å². The van der Waals surface area contributed by atoms with Crippen molar-refractivity contribution in [3.05, 3.63) is 18.1 Å². The molecule has 0 aliphatic heterocycles. The fourth-order valence-electron chi connectivity index (χ4n) is 0.586. The lowest BCUT2D eigenvalue weighted by Crippen LogP contribution is -1.88. The Labute approximate surface area is 67.1 Å². The summed E-state index contributed by atoms with van der Waals surface area (Å²) in [7, 11) is 0. The average molecular weight is 176 g/mol. The minimum atomic E-state index is -2.41. The molecule has 0 aromatic carbocycles. The number of thioether (sulfide) groups is 1. The highest BCUT2D eigenvalue weighted by molar-refractivity contribution is 7.99. The van der Waals surface area contributed by atoms with Crippen LogP contribution in [0.25, 0.3) is 0 Å². The first-order chi connectivity index (χ1) is 5.18. The van der Waals surface area contributed by atoms with E-state index >= 15 is 0 Å². The second-order valence-corrected chi connectivity index (χ2v) is 2.89. The zero-order chi connectivity index (χ0) is 8.27. The van der Waals surface area contributed by atoms with Crippen LogP contribution in [0, 0.1) is 6.92 Å². The standard InChI is InChI=1S/C6H6F2N2S/c1-4-2-5(10-3-9-4)11-6(7)8/h2-3,6H,1H3. The summed E-state index contributed by atoms with van der Waals surface area (Å²) >= 11 is 0.428. The van der Waals surface area contributed by atoms with Crippen LogP contribution in [0.2, 0.25) is 0 Å². The van der Waals surface area contributed by atoms with E-state index in [1.54, 1.807) is 6.92 Å². The van der Waals surface area contributed by atoms with E-state index < -0.39 is 5.76 Å².